The van der Waals surface area contributed by atoms with Crippen LogP contribution in [0.15, 0.2) is 24.3 Å². The van der Waals surface area contributed by atoms with Gasteiger partial charge < -0.3 is 9.84 Å². The minimum atomic E-state index is -0.445. The van der Waals surface area contributed by atoms with Crippen molar-refractivity contribution in [1.82, 2.24) is 0 Å². The monoisotopic (exact) mass is 262 g/mol. The Morgan fingerprint density at radius 1 is 1.42 bits per heavy atom. The summed E-state index contributed by atoms with van der Waals surface area (Å²) in [5, 5.41) is 9.80. The van der Waals surface area contributed by atoms with Crippen LogP contribution in [0, 0.1) is 5.92 Å². The van der Waals surface area contributed by atoms with Crippen LogP contribution in [-0.2, 0) is 4.79 Å². The molecule has 2 rings (SSSR count). The zero-order valence-corrected chi connectivity index (χ0v) is 11.5. The van der Waals surface area contributed by atoms with Crippen molar-refractivity contribution in [2.24, 2.45) is 5.92 Å². The van der Waals surface area contributed by atoms with Gasteiger partial charge in [-0.3, -0.25) is 4.79 Å². The molecular weight excluding hydrogens is 240 g/mol. The number of aliphatic hydroxyl groups is 1. The minimum absolute atomic E-state index is 0.0495. The second-order valence-corrected chi connectivity index (χ2v) is 5.22. The molecule has 0 heterocycles. The predicted octanol–water partition coefficient (Wildman–Crippen LogP) is 3.27. The third kappa shape index (κ3) is 3.80. The lowest BCUT2D eigenvalue weighted by molar-refractivity contribution is -0.125. The zero-order valence-electron chi connectivity index (χ0n) is 11.5. The number of aliphatic hydroxyl groups excluding tert-OH is 1. The number of hydrogen-bond donors (Lipinski definition) is 1. The molecule has 2 unspecified atom stereocenters. The Morgan fingerprint density at radius 3 is 3.00 bits per heavy atom. The summed E-state index contributed by atoms with van der Waals surface area (Å²) in [5.74, 6) is 1.12. The normalized spacial score (nSPS) is 21.2. The third-order valence-electron chi connectivity index (χ3n) is 3.76. The van der Waals surface area contributed by atoms with Crippen LogP contribution >= 0.6 is 0 Å². The van der Waals surface area contributed by atoms with Crippen molar-refractivity contribution in [3.63, 3.8) is 0 Å². The second-order valence-electron chi connectivity index (χ2n) is 5.22. The van der Waals surface area contributed by atoms with E-state index in [1.54, 1.807) is 0 Å². The molecule has 0 aliphatic heterocycles. The summed E-state index contributed by atoms with van der Waals surface area (Å²) in [6, 6.07) is 7.51. The summed E-state index contributed by atoms with van der Waals surface area (Å²) >= 11 is 0. The van der Waals surface area contributed by atoms with Gasteiger partial charge in [-0.25, -0.2) is 0 Å². The predicted molar refractivity (Wildman–Crippen MR) is 74.2 cm³/mol. The Bertz CT molecular complexity index is 428. The van der Waals surface area contributed by atoms with E-state index in [2.05, 4.69) is 0 Å². The van der Waals surface area contributed by atoms with Gasteiger partial charge in [0.05, 0.1) is 18.6 Å². The maximum absolute atomic E-state index is 11.7. The fraction of sp³-hybridized carbons (Fsp3) is 0.562. The van der Waals surface area contributed by atoms with Crippen LogP contribution in [0.4, 0.5) is 0 Å². The van der Waals surface area contributed by atoms with Gasteiger partial charge in [0.25, 0.3) is 0 Å². The van der Waals surface area contributed by atoms with Crippen molar-refractivity contribution >= 4 is 5.78 Å². The summed E-state index contributed by atoms with van der Waals surface area (Å²) in [6.45, 7) is 2.41. The highest BCUT2D eigenvalue weighted by Crippen LogP contribution is 2.24. The van der Waals surface area contributed by atoms with E-state index in [4.69, 9.17) is 4.74 Å². The summed E-state index contributed by atoms with van der Waals surface area (Å²) < 4.78 is 5.72. The summed E-state index contributed by atoms with van der Waals surface area (Å²) in [4.78, 5) is 11.7. The second kappa shape index (κ2) is 6.71. The molecule has 104 valence electrons. The van der Waals surface area contributed by atoms with Crippen molar-refractivity contribution in [1.29, 1.82) is 0 Å². The molecule has 3 nitrogen and oxygen atoms in total. The quantitative estimate of drug-likeness (QED) is 0.886. The number of Topliss-reactive ketones (excluding diaryl/α,β-unsaturated/α-hetero) is 1. The highest BCUT2D eigenvalue weighted by molar-refractivity contribution is 5.81. The number of rotatable bonds is 5. The zero-order chi connectivity index (χ0) is 13.7. The van der Waals surface area contributed by atoms with Gasteiger partial charge in [-0.1, -0.05) is 25.5 Å². The minimum Gasteiger partial charge on any atom is -0.493 e. The fourth-order valence-electron chi connectivity index (χ4n) is 2.48. The van der Waals surface area contributed by atoms with Gasteiger partial charge >= 0.3 is 0 Å². The van der Waals surface area contributed by atoms with E-state index in [9.17, 15) is 9.90 Å². The van der Waals surface area contributed by atoms with Crippen LogP contribution in [0.3, 0.4) is 0 Å². The Hall–Kier alpha value is -1.35. The number of carbonyl (C=O) groups is 1. The SMILES string of the molecule is CCC(O)c1cccc(OCC2CCCCC2=O)c1. The molecule has 19 heavy (non-hydrogen) atoms. The highest BCUT2D eigenvalue weighted by Gasteiger charge is 2.22. The fourth-order valence-corrected chi connectivity index (χ4v) is 2.48. The molecule has 1 aromatic rings. The van der Waals surface area contributed by atoms with Crippen LogP contribution in [0.5, 0.6) is 5.75 Å². The van der Waals surface area contributed by atoms with Gasteiger partial charge in [0.2, 0.25) is 0 Å². The van der Waals surface area contributed by atoms with E-state index in [1.807, 2.05) is 31.2 Å². The molecule has 1 aliphatic rings. The van der Waals surface area contributed by atoms with E-state index in [-0.39, 0.29) is 5.92 Å². The van der Waals surface area contributed by atoms with Crippen LogP contribution in [0.25, 0.3) is 0 Å². The maximum Gasteiger partial charge on any atom is 0.139 e. The number of carbonyl (C=O) groups excluding carboxylic acids is 1. The lowest BCUT2D eigenvalue weighted by Gasteiger charge is -2.21. The first-order valence-corrected chi connectivity index (χ1v) is 7.14. The van der Waals surface area contributed by atoms with Crippen molar-refractivity contribution < 1.29 is 14.6 Å². The Balaban J connectivity index is 1.93. The van der Waals surface area contributed by atoms with E-state index < -0.39 is 6.10 Å². The smallest absolute Gasteiger partial charge is 0.139 e. The van der Waals surface area contributed by atoms with Crippen molar-refractivity contribution in [2.45, 2.75) is 45.1 Å². The van der Waals surface area contributed by atoms with E-state index in [1.165, 1.54) is 0 Å². The average Bonchev–Trinajstić information content (AvgIpc) is 2.46. The number of ether oxygens (including phenoxy) is 1. The molecule has 1 saturated carbocycles. The largest absolute Gasteiger partial charge is 0.493 e. The molecule has 1 N–H and O–H groups in total. The van der Waals surface area contributed by atoms with Gasteiger partial charge in [-0.15, -0.1) is 0 Å². The molecule has 3 heteroatoms. The molecule has 0 spiro atoms. The molecule has 0 bridgehead atoms. The van der Waals surface area contributed by atoms with Crippen LogP contribution in [0.1, 0.15) is 50.7 Å². The van der Waals surface area contributed by atoms with Crippen molar-refractivity contribution in [2.75, 3.05) is 6.61 Å². The first-order valence-electron chi connectivity index (χ1n) is 7.14. The maximum atomic E-state index is 11.7. The molecular formula is C16H22O3. The lowest BCUT2D eigenvalue weighted by atomic mass is 9.89. The molecule has 0 amide bonds. The highest BCUT2D eigenvalue weighted by atomic mass is 16.5. The topological polar surface area (TPSA) is 46.5 Å². The summed E-state index contributed by atoms with van der Waals surface area (Å²) in [7, 11) is 0. The van der Waals surface area contributed by atoms with Crippen molar-refractivity contribution in [3.05, 3.63) is 29.8 Å². The van der Waals surface area contributed by atoms with E-state index >= 15 is 0 Å². The molecule has 1 aromatic carbocycles. The molecule has 1 aliphatic carbocycles. The molecule has 0 aromatic heterocycles. The van der Waals surface area contributed by atoms with E-state index in [0.29, 0.717) is 25.2 Å². The van der Waals surface area contributed by atoms with Crippen LogP contribution in [0.2, 0.25) is 0 Å². The number of benzene rings is 1. The standard InChI is InChI=1S/C16H22O3/c1-2-15(17)12-7-5-8-14(10-12)19-11-13-6-3-4-9-16(13)18/h5,7-8,10,13,15,17H,2-4,6,9,11H2,1H3. The van der Waals surface area contributed by atoms with Gasteiger partial charge in [0, 0.05) is 6.42 Å². The first-order chi connectivity index (χ1) is 9.20. The summed E-state index contributed by atoms with van der Waals surface area (Å²) in [5.41, 5.74) is 0.870. The van der Waals surface area contributed by atoms with Crippen LogP contribution < -0.4 is 4.74 Å². The van der Waals surface area contributed by atoms with Crippen molar-refractivity contribution in [3.8, 4) is 5.75 Å². The third-order valence-corrected chi connectivity index (χ3v) is 3.76. The lowest BCUT2D eigenvalue weighted by Crippen LogP contribution is -2.25. The van der Waals surface area contributed by atoms with Gasteiger partial charge in [-0.05, 0) is 37.0 Å². The number of ketones is 1. The Labute approximate surface area is 114 Å². The summed E-state index contributed by atoms with van der Waals surface area (Å²) in [6.07, 6.45) is 4.02. The molecule has 0 radical (unpaired) electrons. The van der Waals surface area contributed by atoms with Gasteiger partial charge in [-0.2, -0.15) is 0 Å². The molecule has 1 fully saturated rings. The Kier molecular flexibility index (Phi) is 4.97. The number of hydrogen-bond acceptors (Lipinski definition) is 3. The molecule has 2 atom stereocenters. The van der Waals surface area contributed by atoms with Gasteiger partial charge in [0.15, 0.2) is 0 Å². The van der Waals surface area contributed by atoms with Crippen LogP contribution in [-0.4, -0.2) is 17.5 Å². The molecule has 0 saturated heterocycles. The van der Waals surface area contributed by atoms with Gasteiger partial charge in [0.1, 0.15) is 11.5 Å². The van der Waals surface area contributed by atoms with E-state index in [0.717, 1.165) is 30.6 Å². The average molecular weight is 262 g/mol. The Morgan fingerprint density at radius 2 is 2.26 bits per heavy atom. The first kappa shape index (κ1) is 14.1.